The highest BCUT2D eigenvalue weighted by atomic mass is 35.5. The molecule has 5 heteroatoms. The fourth-order valence-electron chi connectivity index (χ4n) is 2.99. The standard InChI is InChI=1S/C19H15ClN2O2/c1-12-15(11-13-10-14(20)6-7-16(13)21-12)19(23)22-8-9-24-18-5-3-2-4-17(18)22/h2-7,10-11H,8-9H2,1H3. The molecule has 0 saturated carbocycles. The lowest BCUT2D eigenvalue weighted by atomic mass is 10.1. The van der Waals surface area contributed by atoms with Gasteiger partial charge in [-0.05, 0) is 43.3 Å². The molecule has 0 radical (unpaired) electrons. The van der Waals surface area contributed by atoms with E-state index in [-0.39, 0.29) is 5.91 Å². The van der Waals surface area contributed by atoms with Crippen LogP contribution in [-0.4, -0.2) is 24.0 Å². The zero-order valence-corrected chi connectivity index (χ0v) is 13.9. The minimum atomic E-state index is -0.0716. The zero-order valence-electron chi connectivity index (χ0n) is 13.1. The summed E-state index contributed by atoms with van der Waals surface area (Å²) < 4.78 is 5.63. The van der Waals surface area contributed by atoms with Gasteiger partial charge in [0.15, 0.2) is 0 Å². The Balaban J connectivity index is 1.80. The first kappa shape index (κ1) is 15.0. The maximum Gasteiger partial charge on any atom is 0.260 e. The van der Waals surface area contributed by atoms with Crippen LogP contribution in [0.4, 0.5) is 5.69 Å². The molecule has 0 spiro atoms. The number of carbonyl (C=O) groups is 1. The van der Waals surface area contributed by atoms with E-state index in [9.17, 15) is 4.79 Å². The highest BCUT2D eigenvalue weighted by Crippen LogP contribution is 2.32. The van der Waals surface area contributed by atoms with Crippen molar-refractivity contribution in [3.63, 3.8) is 0 Å². The van der Waals surface area contributed by atoms with Crippen molar-refractivity contribution in [3.05, 3.63) is 64.8 Å². The Morgan fingerprint density at radius 3 is 2.92 bits per heavy atom. The van der Waals surface area contributed by atoms with Crippen LogP contribution in [0, 0.1) is 6.92 Å². The van der Waals surface area contributed by atoms with Gasteiger partial charge in [0.1, 0.15) is 12.4 Å². The Hall–Kier alpha value is -2.59. The first-order valence-corrected chi connectivity index (χ1v) is 8.12. The van der Waals surface area contributed by atoms with Crippen molar-refractivity contribution < 1.29 is 9.53 Å². The number of anilines is 1. The fraction of sp³-hybridized carbons (Fsp3) is 0.158. The van der Waals surface area contributed by atoms with Crippen LogP contribution < -0.4 is 9.64 Å². The number of rotatable bonds is 1. The Morgan fingerprint density at radius 1 is 1.21 bits per heavy atom. The second-order valence-electron chi connectivity index (χ2n) is 5.73. The smallest absolute Gasteiger partial charge is 0.260 e. The van der Waals surface area contributed by atoms with Crippen LogP contribution in [0.2, 0.25) is 5.02 Å². The van der Waals surface area contributed by atoms with Crippen molar-refractivity contribution in [2.75, 3.05) is 18.1 Å². The number of hydrogen-bond donors (Lipinski definition) is 0. The molecule has 1 amide bonds. The van der Waals surface area contributed by atoms with Gasteiger partial charge >= 0.3 is 0 Å². The maximum absolute atomic E-state index is 13.1. The van der Waals surface area contributed by atoms with Gasteiger partial charge in [0.05, 0.1) is 29.0 Å². The molecule has 24 heavy (non-hydrogen) atoms. The number of pyridine rings is 1. The topological polar surface area (TPSA) is 42.4 Å². The van der Waals surface area contributed by atoms with E-state index in [1.165, 1.54) is 0 Å². The Bertz CT molecular complexity index is 955. The van der Waals surface area contributed by atoms with Gasteiger partial charge in [0, 0.05) is 10.4 Å². The number of fused-ring (bicyclic) bond motifs is 2. The first-order chi connectivity index (χ1) is 11.6. The van der Waals surface area contributed by atoms with Gasteiger partial charge in [-0.15, -0.1) is 0 Å². The van der Waals surface area contributed by atoms with E-state index in [0.717, 1.165) is 22.3 Å². The maximum atomic E-state index is 13.1. The van der Waals surface area contributed by atoms with Gasteiger partial charge in [-0.3, -0.25) is 9.78 Å². The van der Waals surface area contributed by atoms with Crippen LogP contribution in [0.15, 0.2) is 48.5 Å². The third-order valence-electron chi connectivity index (χ3n) is 4.17. The van der Waals surface area contributed by atoms with Crippen molar-refractivity contribution in [3.8, 4) is 5.75 Å². The summed E-state index contributed by atoms with van der Waals surface area (Å²) in [6.45, 7) is 2.85. The lowest BCUT2D eigenvalue weighted by molar-refractivity contribution is 0.0976. The van der Waals surface area contributed by atoms with Crippen molar-refractivity contribution >= 4 is 34.1 Å². The van der Waals surface area contributed by atoms with Crippen LogP contribution in [0.5, 0.6) is 5.75 Å². The number of para-hydroxylation sites is 2. The molecule has 2 heterocycles. The van der Waals surface area contributed by atoms with Crippen molar-refractivity contribution in [2.24, 2.45) is 0 Å². The third kappa shape index (κ3) is 2.49. The summed E-state index contributed by atoms with van der Waals surface area (Å²) in [5.74, 6) is 0.657. The van der Waals surface area contributed by atoms with Crippen LogP contribution in [-0.2, 0) is 0 Å². The second-order valence-corrected chi connectivity index (χ2v) is 6.17. The molecule has 0 bridgehead atoms. The molecule has 0 atom stereocenters. The van der Waals surface area contributed by atoms with Gasteiger partial charge in [0.2, 0.25) is 0 Å². The SMILES string of the molecule is Cc1nc2ccc(Cl)cc2cc1C(=O)N1CCOc2ccccc21. The largest absolute Gasteiger partial charge is 0.490 e. The normalized spacial score (nSPS) is 13.5. The first-order valence-electron chi connectivity index (χ1n) is 7.74. The van der Waals surface area contributed by atoms with E-state index >= 15 is 0 Å². The predicted octanol–water partition coefficient (Wildman–Crippen LogP) is 4.24. The van der Waals surface area contributed by atoms with E-state index in [0.29, 0.717) is 29.4 Å². The summed E-state index contributed by atoms with van der Waals surface area (Å²) in [6.07, 6.45) is 0. The molecule has 4 rings (SSSR count). The predicted molar refractivity (Wildman–Crippen MR) is 95.1 cm³/mol. The molecular formula is C19H15ClN2O2. The molecule has 2 aromatic carbocycles. The lowest BCUT2D eigenvalue weighted by Gasteiger charge is -2.29. The molecule has 120 valence electrons. The minimum absolute atomic E-state index is 0.0716. The Labute approximate surface area is 144 Å². The van der Waals surface area contributed by atoms with E-state index in [1.54, 1.807) is 11.0 Å². The number of hydrogen-bond acceptors (Lipinski definition) is 3. The van der Waals surface area contributed by atoms with E-state index in [2.05, 4.69) is 4.98 Å². The quantitative estimate of drug-likeness (QED) is 0.666. The van der Waals surface area contributed by atoms with Gasteiger partial charge in [-0.2, -0.15) is 0 Å². The molecule has 0 fully saturated rings. The summed E-state index contributed by atoms with van der Waals surface area (Å²) in [5, 5.41) is 1.49. The van der Waals surface area contributed by atoms with E-state index in [1.807, 2.05) is 49.4 Å². The fourth-order valence-corrected chi connectivity index (χ4v) is 3.17. The number of carbonyl (C=O) groups excluding carboxylic acids is 1. The van der Waals surface area contributed by atoms with E-state index < -0.39 is 0 Å². The number of aryl methyl sites for hydroxylation is 1. The number of ether oxygens (including phenoxy) is 1. The van der Waals surface area contributed by atoms with Crippen molar-refractivity contribution in [1.29, 1.82) is 0 Å². The Morgan fingerprint density at radius 2 is 2.04 bits per heavy atom. The zero-order chi connectivity index (χ0) is 16.7. The molecule has 1 aromatic heterocycles. The Kier molecular flexibility index (Phi) is 3.62. The summed E-state index contributed by atoms with van der Waals surface area (Å²) >= 11 is 6.07. The second kappa shape index (κ2) is 5.80. The van der Waals surface area contributed by atoms with Gasteiger partial charge in [-0.1, -0.05) is 23.7 Å². The average molecular weight is 339 g/mol. The van der Waals surface area contributed by atoms with Crippen molar-refractivity contribution in [1.82, 2.24) is 4.98 Å². The number of halogens is 1. The number of amides is 1. The molecule has 4 nitrogen and oxygen atoms in total. The summed E-state index contributed by atoms with van der Waals surface area (Å²) in [6, 6.07) is 14.9. The highest BCUT2D eigenvalue weighted by Gasteiger charge is 2.26. The molecule has 1 aliphatic rings. The van der Waals surface area contributed by atoms with Gasteiger partial charge in [0.25, 0.3) is 5.91 Å². The van der Waals surface area contributed by atoms with Crippen LogP contribution >= 0.6 is 11.6 Å². The van der Waals surface area contributed by atoms with Crippen LogP contribution in [0.25, 0.3) is 10.9 Å². The van der Waals surface area contributed by atoms with Gasteiger partial charge in [-0.25, -0.2) is 0 Å². The number of nitrogens with zero attached hydrogens (tertiary/aromatic N) is 2. The molecule has 0 unspecified atom stereocenters. The lowest BCUT2D eigenvalue weighted by Crippen LogP contribution is -2.38. The van der Waals surface area contributed by atoms with E-state index in [4.69, 9.17) is 16.3 Å². The van der Waals surface area contributed by atoms with Gasteiger partial charge < -0.3 is 9.64 Å². The number of aromatic nitrogens is 1. The highest BCUT2D eigenvalue weighted by molar-refractivity contribution is 6.31. The van der Waals surface area contributed by atoms with Crippen LogP contribution in [0.3, 0.4) is 0 Å². The molecule has 0 N–H and O–H groups in total. The van der Waals surface area contributed by atoms with Crippen molar-refractivity contribution in [2.45, 2.75) is 6.92 Å². The summed E-state index contributed by atoms with van der Waals surface area (Å²) in [5.41, 5.74) is 2.91. The molecular weight excluding hydrogens is 324 g/mol. The number of benzene rings is 2. The molecule has 1 aliphatic heterocycles. The minimum Gasteiger partial charge on any atom is -0.490 e. The third-order valence-corrected chi connectivity index (χ3v) is 4.41. The monoisotopic (exact) mass is 338 g/mol. The van der Waals surface area contributed by atoms with Crippen LogP contribution in [0.1, 0.15) is 16.1 Å². The average Bonchev–Trinajstić information content (AvgIpc) is 2.60. The molecule has 0 saturated heterocycles. The summed E-state index contributed by atoms with van der Waals surface area (Å²) in [7, 11) is 0. The molecule has 0 aliphatic carbocycles. The summed E-state index contributed by atoms with van der Waals surface area (Å²) in [4.78, 5) is 19.4. The molecule has 3 aromatic rings.